The molecule has 0 heterocycles. The van der Waals surface area contributed by atoms with E-state index < -0.39 is 23.5 Å². The van der Waals surface area contributed by atoms with Gasteiger partial charge in [0.15, 0.2) is 11.6 Å². The molecular formula is C19H28N2O6. The lowest BCUT2D eigenvalue weighted by Gasteiger charge is -2.26. The number of hydrogen-bond acceptors (Lipinski definition) is 6. The van der Waals surface area contributed by atoms with E-state index in [9.17, 15) is 24.3 Å². The number of amides is 1. The predicted molar refractivity (Wildman–Crippen MR) is 98.8 cm³/mol. The number of carbonyl (C=O) groups is 4. The van der Waals surface area contributed by atoms with Crippen LogP contribution in [0.2, 0.25) is 0 Å². The van der Waals surface area contributed by atoms with Crippen LogP contribution in [0.1, 0.15) is 53.4 Å². The fraction of sp³-hybridized carbons (Fsp3) is 0.579. The number of aliphatic carboxylic acids is 1. The number of rotatable bonds is 9. The van der Waals surface area contributed by atoms with Crippen molar-refractivity contribution in [3.63, 3.8) is 0 Å². The minimum Gasteiger partial charge on any atom is -0.480 e. The van der Waals surface area contributed by atoms with Crippen LogP contribution in [0.25, 0.3) is 0 Å². The molecule has 0 bridgehead atoms. The number of hydrogen-bond donors (Lipinski definition) is 4. The van der Waals surface area contributed by atoms with Crippen molar-refractivity contribution >= 4 is 23.4 Å². The molecular weight excluding hydrogens is 352 g/mol. The number of aliphatic hydroxyl groups is 1. The maximum atomic E-state index is 12.4. The summed E-state index contributed by atoms with van der Waals surface area (Å²) in [6, 6.07) is -1.15. The van der Waals surface area contributed by atoms with E-state index in [-0.39, 0.29) is 42.9 Å². The average Bonchev–Trinajstić information content (AvgIpc) is 2.61. The minimum absolute atomic E-state index is 0.0297. The van der Waals surface area contributed by atoms with E-state index in [1.165, 1.54) is 6.92 Å². The first-order valence-electron chi connectivity index (χ1n) is 8.86. The number of Topliss-reactive ketones (excluding diaryl/α,β-unsaturated/α-hetero) is 2. The van der Waals surface area contributed by atoms with Crippen LogP contribution >= 0.6 is 0 Å². The molecule has 0 aromatic rings. The Bertz CT molecular complexity index is 718. The van der Waals surface area contributed by atoms with Crippen molar-refractivity contribution in [1.82, 2.24) is 5.32 Å². The Morgan fingerprint density at radius 2 is 1.67 bits per heavy atom. The number of carboxylic acid groups (broad SMARTS) is 1. The van der Waals surface area contributed by atoms with Crippen LogP contribution in [0.4, 0.5) is 0 Å². The molecule has 0 saturated carbocycles. The second-order valence-corrected chi connectivity index (χ2v) is 7.08. The molecule has 8 heteroatoms. The first kappa shape index (κ1) is 22.7. The van der Waals surface area contributed by atoms with Gasteiger partial charge in [-0.25, -0.2) is 4.79 Å². The summed E-state index contributed by atoms with van der Waals surface area (Å²) in [4.78, 5) is 48.2. The Morgan fingerprint density at radius 3 is 2.19 bits per heavy atom. The van der Waals surface area contributed by atoms with Crippen LogP contribution in [0, 0.1) is 0 Å². The summed E-state index contributed by atoms with van der Waals surface area (Å²) in [5, 5.41) is 21.9. The molecule has 0 fully saturated rings. The second-order valence-electron chi connectivity index (χ2n) is 7.08. The second kappa shape index (κ2) is 9.05. The molecule has 0 aromatic heterocycles. The van der Waals surface area contributed by atoms with E-state index in [4.69, 9.17) is 10.8 Å². The molecule has 1 amide bonds. The number of allylic oxidation sites excluding steroid dienone is 4. The van der Waals surface area contributed by atoms with Crippen molar-refractivity contribution < 1.29 is 29.4 Å². The van der Waals surface area contributed by atoms with Gasteiger partial charge >= 0.3 is 5.97 Å². The Balaban J connectivity index is 2.85. The maximum Gasteiger partial charge on any atom is 0.326 e. The largest absolute Gasteiger partial charge is 0.480 e. The Kier molecular flexibility index (Phi) is 7.62. The molecule has 0 aromatic carbocycles. The molecule has 2 atom stereocenters. The topological polar surface area (TPSA) is 147 Å². The quantitative estimate of drug-likeness (QED) is 0.429. The molecule has 8 nitrogen and oxygen atoms in total. The van der Waals surface area contributed by atoms with Gasteiger partial charge in [-0.1, -0.05) is 0 Å². The van der Waals surface area contributed by atoms with Crippen molar-refractivity contribution in [3.05, 3.63) is 22.3 Å². The molecule has 5 N–H and O–H groups in total. The van der Waals surface area contributed by atoms with Gasteiger partial charge in [0.2, 0.25) is 0 Å². The average molecular weight is 380 g/mol. The van der Waals surface area contributed by atoms with Crippen LogP contribution in [0.3, 0.4) is 0 Å². The molecule has 1 aliphatic carbocycles. The number of ketones is 2. The van der Waals surface area contributed by atoms with Crippen LogP contribution in [0.15, 0.2) is 22.3 Å². The Morgan fingerprint density at radius 1 is 1.11 bits per heavy atom. The smallest absolute Gasteiger partial charge is 0.326 e. The van der Waals surface area contributed by atoms with Crippen LogP contribution < -0.4 is 11.1 Å². The standard InChI is InChI=1S/C19H28N2O6/c1-10-11(2)16(23)13(12(3)15(10)22)7-8-19(4,27)18(26)21-14(17(24)25)6-5-9-20/h14,27H,5-9,20H2,1-4H3,(H,21,26)(H,24,25)/t14-,19-/m1/s1. The summed E-state index contributed by atoms with van der Waals surface area (Å²) >= 11 is 0. The zero-order chi connectivity index (χ0) is 20.9. The lowest BCUT2D eigenvalue weighted by Crippen LogP contribution is -2.51. The first-order valence-corrected chi connectivity index (χ1v) is 8.86. The molecule has 150 valence electrons. The highest BCUT2D eigenvalue weighted by Gasteiger charge is 2.35. The normalized spacial score (nSPS) is 18.4. The molecule has 1 rings (SSSR count). The van der Waals surface area contributed by atoms with E-state index in [0.717, 1.165) is 0 Å². The number of nitrogens with two attached hydrogens (primary N) is 1. The zero-order valence-electron chi connectivity index (χ0n) is 16.2. The predicted octanol–water partition coefficient (Wildman–Crippen LogP) is 0.631. The van der Waals surface area contributed by atoms with Crippen molar-refractivity contribution in [1.29, 1.82) is 0 Å². The van der Waals surface area contributed by atoms with Crippen LogP contribution in [-0.2, 0) is 19.2 Å². The fourth-order valence-corrected chi connectivity index (χ4v) is 2.83. The third-order valence-corrected chi connectivity index (χ3v) is 4.96. The molecule has 0 unspecified atom stereocenters. The van der Waals surface area contributed by atoms with Gasteiger partial charge in [-0.15, -0.1) is 0 Å². The van der Waals surface area contributed by atoms with Crippen LogP contribution in [-0.4, -0.2) is 51.8 Å². The highest BCUT2D eigenvalue weighted by Crippen LogP contribution is 2.29. The van der Waals surface area contributed by atoms with Gasteiger partial charge in [-0.05, 0) is 59.9 Å². The molecule has 0 aliphatic heterocycles. The van der Waals surface area contributed by atoms with E-state index in [2.05, 4.69) is 5.32 Å². The van der Waals surface area contributed by atoms with Gasteiger partial charge in [0.1, 0.15) is 11.6 Å². The summed E-state index contributed by atoms with van der Waals surface area (Å²) < 4.78 is 0. The Hall–Kier alpha value is -2.32. The SMILES string of the molecule is CC1=C(C)C(=O)C(CC[C@@](C)(O)C(=O)N[C@H](CCCN)C(=O)O)=C(C)C1=O. The van der Waals surface area contributed by atoms with Gasteiger partial charge in [0, 0.05) is 22.3 Å². The van der Waals surface area contributed by atoms with E-state index in [1.54, 1.807) is 20.8 Å². The molecule has 0 spiro atoms. The van der Waals surface area contributed by atoms with E-state index in [1.807, 2.05) is 0 Å². The van der Waals surface area contributed by atoms with E-state index in [0.29, 0.717) is 23.1 Å². The Labute approximate surface area is 158 Å². The molecule has 0 radical (unpaired) electrons. The van der Waals surface area contributed by atoms with Crippen molar-refractivity contribution in [2.24, 2.45) is 5.73 Å². The third-order valence-electron chi connectivity index (χ3n) is 4.96. The van der Waals surface area contributed by atoms with Gasteiger partial charge in [-0.2, -0.15) is 0 Å². The molecule has 1 aliphatic rings. The van der Waals surface area contributed by atoms with E-state index >= 15 is 0 Å². The van der Waals surface area contributed by atoms with Gasteiger partial charge in [0.05, 0.1) is 0 Å². The highest BCUT2D eigenvalue weighted by molar-refractivity contribution is 6.24. The van der Waals surface area contributed by atoms with Gasteiger partial charge < -0.3 is 21.3 Å². The van der Waals surface area contributed by atoms with Crippen molar-refractivity contribution in [2.45, 2.75) is 65.0 Å². The number of carbonyl (C=O) groups excluding carboxylic acids is 3. The summed E-state index contributed by atoms with van der Waals surface area (Å²) in [6.45, 7) is 6.25. The first-order chi connectivity index (χ1) is 12.4. The van der Waals surface area contributed by atoms with Crippen molar-refractivity contribution in [3.8, 4) is 0 Å². The summed E-state index contributed by atoms with van der Waals surface area (Å²) in [6.07, 6.45) is 0.462. The molecule has 27 heavy (non-hydrogen) atoms. The van der Waals surface area contributed by atoms with Gasteiger partial charge in [0.25, 0.3) is 5.91 Å². The lowest BCUT2D eigenvalue weighted by atomic mass is 9.82. The monoisotopic (exact) mass is 380 g/mol. The molecule has 0 saturated heterocycles. The van der Waals surface area contributed by atoms with Gasteiger partial charge in [-0.3, -0.25) is 14.4 Å². The van der Waals surface area contributed by atoms with Crippen LogP contribution in [0.5, 0.6) is 0 Å². The summed E-state index contributed by atoms with van der Waals surface area (Å²) in [5.41, 5.74) is 4.81. The maximum absolute atomic E-state index is 12.4. The number of nitrogens with one attached hydrogen (secondary N) is 1. The summed E-state index contributed by atoms with van der Waals surface area (Å²) in [7, 11) is 0. The minimum atomic E-state index is -1.89. The number of carboxylic acids is 1. The third kappa shape index (κ3) is 5.33. The lowest BCUT2D eigenvalue weighted by molar-refractivity contribution is -0.147. The fourth-order valence-electron chi connectivity index (χ4n) is 2.83. The highest BCUT2D eigenvalue weighted by atomic mass is 16.4. The zero-order valence-corrected chi connectivity index (χ0v) is 16.2. The van der Waals surface area contributed by atoms with Crippen molar-refractivity contribution in [2.75, 3.05) is 6.54 Å². The summed E-state index contributed by atoms with van der Waals surface area (Å²) in [5.74, 6) is -2.55.